The lowest BCUT2D eigenvalue weighted by Gasteiger charge is -2.40. The molecule has 0 aliphatic heterocycles. The van der Waals surface area contributed by atoms with Gasteiger partial charge in [0.25, 0.3) is 0 Å². The molecule has 1 N–H and O–H groups in total. The van der Waals surface area contributed by atoms with E-state index in [-0.39, 0.29) is 5.60 Å². The van der Waals surface area contributed by atoms with Gasteiger partial charge in [-0.3, -0.25) is 4.68 Å². The van der Waals surface area contributed by atoms with E-state index in [1.807, 2.05) is 31.1 Å². The fourth-order valence-corrected chi connectivity index (χ4v) is 2.00. The van der Waals surface area contributed by atoms with Crippen molar-refractivity contribution in [3.05, 3.63) is 18.0 Å². The summed E-state index contributed by atoms with van der Waals surface area (Å²) < 4.78 is 7.35. The summed E-state index contributed by atoms with van der Waals surface area (Å²) >= 11 is 0. The molecule has 0 aromatic carbocycles. The van der Waals surface area contributed by atoms with Crippen molar-refractivity contribution in [3.8, 4) is 0 Å². The van der Waals surface area contributed by atoms with E-state index >= 15 is 0 Å². The summed E-state index contributed by atoms with van der Waals surface area (Å²) in [4.78, 5) is 0. The van der Waals surface area contributed by atoms with Crippen LogP contribution >= 0.6 is 0 Å². The normalized spacial score (nSPS) is 18.8. The number of ether oxygens (including phenoxy) is 1. The first-order chi connectivity index (χ1) is 7.24. The highest BCUT2D eigenvalue weighted by Gasteiger charge is 2.36. The molecule has 1 heterocycles. The van der Waals surface area contributed by atoms with Gasteiger partial charge in [0, 0.05) is 33.4 Å². The summed E-state index contributed by atoms with van der Waals surface area (Å²) in [6.45, 7) is 1.76. The van der Waals surface area contributed by atoms with Crippen LogP contribution in [0.25, 0.3) is 0 Å². The third-order valence-electron chi connectivity index (χ3n) is 3.22. The van der Waals surface area contributed by atoms with Crippen LogP contribution in [0, 0.1) is 0 Å². The van der Waals surface area contributed by atoms with Crippen LogP contribution in [0.15, 0.2) is 12.3 Å². The number of aromatic nitrogens is 2. The number of rotatable bonds is 5. The van der Waals surface area contributed by atoms with E-state index < -0.39 is 0 Å². The molecule has 0 atom stereocenters. The average molecular weight is 209 g/mol. The van der Waals surface area contributed by atoms with E-state index in [1.165, 1.54) is 19.3 Å². The molecule has 1 aromatic rings. The van der Waals surface area contributed by atoms with Crippen molar-refractivity contribution < 1.29 is 4.74 Å². The second-order valence-electron chi connectivity index (χ2n) is 4.32. The number of hydrogen-bond donors (Lipinski definition) is 1. The van der Waals surface area contributed by atoms with Gasteiger partial charge in [-0.2, -0.15) is 5.10 Å². The molecule has 15 heavy (non-hydrogen) atoms. The Bertz CT molecular complexity index is 312. The lowest BCUT2D eigenvalue weighted by atomic mass is 9.80. The molecule has 0 amide bonds. The minimum atomic E-state index is 0.106. The minimum absolute atomic E-state index is 0.106. The second kappa shape index (κ2) is 4.33. The molecule has 1 aliphatic rings. The highest BCUT2D eigenvalue weighted by Crippen LogP contribution is 2.34. The second-order valence-corrected chi connectivity index (χ2v) is 4.32. The molecular weight excluding hydrogens is 190 g/mol. The molecule has 0 radical (unpaired) electrons. The summed E-state index contributed by atoms with van der Waals surface area (Å²) in [6, 6.07) is 2.03. The maximum absolute atomic E-state index is 5.53. The molecule has 84 valence electrons. The van der Waals surface area contributed by atoms with Crippen LogP contribution in [0.5, 0.6) is 0 Å². The number of nitrogens with one attached hydrogen (secondary N) is 1. The van der Waals surface area contributed by atoms with E-state index in [0.29, 0.717) is 0 Å². The molecule has 0 spiro atoms. The summed E-state index contributed by atoms with van der Waals surface area (Å²) in [5.41, 5.74) is 1.19. The quantitative estimate of drug-likeness (QED) is 0.788. The van der Waals surface area contributed by atoms with Crippen LogP contribution in [0.2, 0.25) is 0 Å². The van der Waals surface area contributed by atoms with Crippen molar-refractivity contribution in [2.45, 2.75) is 31.4 Å². The van der Waals surface area contributed by atoms with Crippen molar-refractivity contribution in [2.75, 3.05) is 13.7 Å². The Morgan fingerprint density at radius 3 is 2.87 bits per heavy atom. The topological polar surface area (TPSA) is 39.1 Å². The maximum Gasteiger partial charge on any atom is 0.0802 e. The minimum Gasteiger partial charge on any atom is -0.377 e. The zero-order valence-corrected chi connectivity index (χ0v) is 9.49. The van der Waals surface area contributed by atoms with E-state index in [9.17, 15) is 0 Å². The fraction of sp³-hybridized carbons (Fsp3) is 0.727. The van der Waals surface area contributed by atoms with E-state index in [0.717, 1.165) is 18.8 Å². The Balaban J connectivity index is 1.74. The average Bonchev–Trinajstić information content (AvgIpc) is 2.56. The molecule has 1 aromatic heterocycles. The van der Waals surface area contributed by atoms with E-state index in [1.54, 1.807) is 0 Å². The Labute approximate surface area is 90.6 Å². The number of aryl methyl sites for hydroxylation is 1. The van der Waals surface area contributed by atoms with Gasteiger partial charge in [-0.05, 0) is 25.3 Å². The first-order valence-corrected chi connectivity index (χ1v) is 5.48. The van der Waals surface area contributed by atoms with Crippen molar-refractivity contribution >= 4 is 0 Å². The number of hydrogen-bond acceptors (Lipinski definition) is 3. The summed E-state index contributed by atoms with van der Waals surface area (Å²) in [5, 5.41) is 7.72. The lowest BCUT2D eigenvalue weighted by Crippen LogP contribution is -2.47. The molecule has 0 unspecified atom stereocenters. The highest BCUT2D eigenvalue weighted by molar-refractivity contribution is 4.99. The Morgan fingerprint density at radius 1 is 1.60 bits per heavy atom. The molecule has 4 nitrogen and oxygen atoms in total. The van der Waals surface area contributed by atoms with Gasteiger partial charge < -0.3 is 10.1 Å². The molecule has 2 rings (SSSR count). The standard InChI is InChI=1S/C11H19N3O/c1-14-7-4-10(13-14)8-12-9-11(15-2)5-3-6-11/h4,7,12H,3,5-6,8-9H2,1-2H3. The monoisotopic (exact) mass is 209 g/mol. The summed E-state index contributed by atoms with van der Waals surface area (Å²) in [5.74, 6) is 0. The fourth-order valence-electron chi connectivity index (χ4n) is 2.00. The zero-order valence-electron chi connectivity index (χ0n) is 9.49. The van der Waals surface area contributed by atoms with Gasteiger partial charge in [0.05, 0.1) is 11.3 Å². The summed E-state index contributed by atoms with van der Waals surface area (Å²) in [6.07, 6.45) is 5.61. The van der Waals surface area contributed by atoms with Crippen LogP contribution in [0.1, 0.15) is 25.0 Å². The van der Waals surface area contributed by atoms with Gasteiger partial charge in [0.15, 0.2) is 0 Å². The predicted octanol–water partition coefficient (Wildman–Crippen LogP) is 1.08. The van der Waals surface area contributed by atoms with Crippen molar-refractivity contribution in [1.29, 1.82) is 0 Å². The first kappa shape index (κ1) is 10.6. The van der Waals surface area contributed by atoms with Gasteiger partial charge in [-0.15, -0.1) is 0 Å². The molecule has 4 heteroatoms. The van der Waals surface area contributed by atoms with Crippen molar-refractivity contribution in [3.63, 3.8) is 0 Å². The number of methoxy groups -OCH3 is 1. The highest BCUT2D eigenvalue weighted by atomic mass is 16.5. The van der Waals surface area contributed by atoms with Gasteiger partial charge in [-0.25, -0.2) is 0 Å². The predicted molar refractivity (Wildman–Crippen MR) is 58.5 cm³/mol. The molecular formula is C11H19N3O. The van der Waals surface area contributed by atoms with Crippen LogP contribution in [0.4, 0.5) is 0 Å². The van der Waals surface area contributed by atoms with Crippen LogP contribution in [-0.2, 0) is 18.3 Å². The molecule has 0 saturated heterocycles. The van der Waals surface area contributed by atoms with Crippen LogP contribution in [-0.4, -0.2) is 29.0 Å². The van der Waals surface area contributed by atoms with Gasteiger partial charge in [-0.1, -0.05) is 0 Å². The number of nitrogens with zero attached hydrogens (tertiary/aromatic N) is 2. The third-order valence-corrected chi connectivity index (χ3v) is 3.22. The van der Waals surface area contributed by atoms with Gasteiger partial charge >= 0.3 is 0 Å². The Kier molecular flexibility index (Phi) is 3.07. The van der Waals surface area contributed by atoms with Gasteiger partial charge in [0.1, 0.15) is 0 Å². The Morgan fingerprint density at radius 2 is 2.40 bits per heavy atom. The van der Waals surface area contributed by atoms with Crippen LogP contribution < -0.4 is 5.32 Å². The molecule has 1 aliphatic carbocycles. The third kappa shape index (κ3) is 2.38. The van der Waals surface area contributed by atoms with E-state index in [4.69, 9.17) is 4.74 Å². The molecule has 1 fully saturated rings. The van der Waals surface area contributed by atoms with Crippen LogP contribution in [0.3, 0.4) is 0 Å². The first-order valence-electron chi connectivity index (χ1n) is 5.48. The SMILES string of the molecule is COC1(CNCc2ccn(C)n2)CCC1. The van der Waals surface area contributed by atoms with Crippen molar-refractivity contribution in [2.24, 2.45) is 7.05 Å². The van der Waals surface area contributed by atoms with Gasteiger partial charge in [0.2, 0.25) is 0 Å². The van der Waals surface area contributed by atoms with E-state index in [2.05, 4.69) is 10.4 Å². The largest absolute Gasteiger partial charge is 0.377 e. The molecule has 0 bridgehead atoms. The molecule has 1 saturated carbocycles. The smallest absolute Gasteiger partial charge is 0.0802 e. The van der Waals surface area contributed by atoms with Crippen molar-refractivity contribution in [1.82, 2.24) is 15.1 Å². The maximum atomic E-state index is 5.53. The summed E-state index contributed by atoms with van der Waals surface area (Å²) in [7, 11) is 3.74. The Hall–Kier alpha value is -0.870. The zero-order chi connectivity index (χ0) is 10.7. The lowest BCUT2D eigenvalue weighted by molar-refractivity contribution is -0.0695.